The van der Waals surface area contributed by atoms with Gasteiger partial charge in [-0.2, -0.15) is 0 Å². The number of nitrogens with zero attached hydrogens (tertiary/aromatic N) is 3. The van der Waals surface area contributed by atoms with Crippen molar-refractivity contribution in [3.05, 3.63) is 64.5 Å². The second-order valence-corrected chi connectivity index (χ2v) is 7.01. The number of methoxy groups -OCH3 is 1. The van der Waals surface area contributed by atoms with Crippen molar-refractivity contribution in [1.82, 2.24) is 15.1 Å². The molecule has 0 atom stereocenters. The Hall–Kier alpha value is -2.86. The van der Waals surface area contributed by atoms with Crippen LogP contribution in [0.25, 0.3) is 11.5 Å². The standard InChI is InChI=1S/C21H22ClN3O3/c1-14-4-6-15(7-5-14)21-24-23-19(28-21)10-11-20(26)25(2)13-16-12-17(22)8-9-18(16)27-3/h4-9,12H,10-11,13H2,1-3H3. The number of halogens is 1. The molecule has 0 saturated heterocycles. The second kappa shape index (κ2) is 8.89. The van der Waals surface area contributed by atoms with Gasteiger partial charge in [-0.15, -0.1) is 10.2 Å². The van der Waals surface area contributed by atoms with Crippen LogP contribution in [0.2, 0.25) is 5.02 Å². The topological polar surface area (TPSA) is 68.5 Å². The molecule has 0 unspecified atom stereocenters. The van der Waals surface area contributed by atoms with Crippen molar-refractivity contribution in [1.29, 1.82) is 0 Å². The van der Waals surface area contributed by atoms with E-state index in [-0.39, 0.29) is 12.3 Å². The largest absolute Gasteiger partial charge is 0.496 e. The number of ether oxygens (including phenoxy) is 1. The molecule has 146 valence electrons. The van der Waals surface area contributed by atoms with Crippen LogP contribution in [0, 0.1) is 6.92 Å². The fourth-order valence-electron chi connectivity index (χ4n) is 2.79. The van der Waals surface area contributed by atoms with Crippen molar-refractivity contribution >= 4 is 17.5 Å². The van der Waals surface area contributed by atoms with Gasteiger partial charge in [0, 0.05) is 42.6 Å². The summed E-state index contributed by atoms with van der Waals surface area (Å²) in [5, 5.41) is 8.71. The molecule has 3 aromatic rings. The molecule has 0 bridgehead atoms. The van der Waals surface area contributed by atoms with Gasteiger partial charge in [-0.05, 0) is 37.3 Å². The van der Waals surface area contributed by atoms with Crippen LogP contribution in [-0.4, -0.2) is 35.2 Å². The molecule has 0 N–H and O–H groups in total. The van der Waals surface area contributed by atoms with E-state index < -0.39 is 0 Å². The summed E-state index contributed by atoms with van der Waals surface area (Å²) < 4.78 is 11.0. The summed E-state index contributed by atoms with van der Waals surface area (Å²) in [4.78, 5) is 14.1. The molecule has 1 amide bonds. The third-order valence-corrected chi connectivity index (χ3v) is 4.63. The Balaban J connectivity index is 1.58. The average molecular weight is 400 g/mol. The number of hydrogen-bond acceptors (Lipinski definition) is 5. The summed E-state index contributed by atoms with van der Waals surface area (Å²) in [6.45, 7) is 2.42. The van der Waals surface area contributed by atoms with Gasteiger partial charge in [-0.1, -0.05) is 29.3 Å². The van der Waals surface area contributed by atoms with Gasteiger partial charge in [0.1, 0.15) is 5.75 Å². The van der Waals surface area contributed by atoms with Crippen LogP contribution in [0.1, 0.15) is 23.4 Å². The molecular formula is C21H22ClN3O3. The monoisotopic (exact) mass is 399 g/mol. The minimum absolute atomic E-state index is 0.0304. The van der Waals surface area contributed by atoms with Crippen molar-refractivity contribution in [3.63, 3.8) is 0 Å². The van der Waals surface area contributed by atoms with Gasteiger partial charge in [-0.3, -0.25) is 4.79 Å². The van der Waals surface area contributed by atoms with Gasteiger partial charge in [-0.25, -0.2) is 0 Å². The Kier molecular flexibility index (Phi) is 6.31. The lowest BCUT2D eigenvalue weighted by atomic mass is 10.1. The molecule has 0 spiro atoms. The molecule has 0 radical (unpaired) electrons. The van der Waals surface area contributed by atoms with E-state index in [1.54, 1.807) is 37.3 Å². The lowest BCUT2D eigenvalue weighted by Crippen LogP contribution is -2.26. The molecule has 1 aromatic heterocycles. The maximum Gasteiger partial charge on any atom is 0.247 e. The quantitative estimate of drug-likeness (QED) is 0.592. The zero-order chi connectivity index (χ0) is 20.1. The number of rotatable bonds is 7. The highest BCUT2D eigenvalue weighted by Crippen LogP contribution is 2.24. The Labute approximate surface area is 169 Å². The van der Waals surface area contributed by atoms with Crippen molar-refractivity contribution in [2.24, 2.45) is 0 Å². The van der Waals surface area contributed by atoms with Crippen LogP contribution in [0.5, 0.6) is 5.75 Å². The summed E-state index contributed by atoms with van der Waals surface area (Å²) in [7, 11) is 3.34. The fraction of sp³-hybridized carbons (Fsp3) is 0.286. The molecular weight excluding hydrogens is 378 g/mol. The van der Waals surface area contributed by atoms with E-state index in [9.17, 15) is 4.79 Å². The number of aromatic nitrogens is 2. The highest BCUT2D eigenvalue weighted by molar-refractivity contribution is 6.30. The van der Waals surface area contributed by atoms with E-state index in [4.69, 9.17) is 20.8 Å². The third kappa shape index (κ3) is 4.89. The first-order chi connectivity index (χ1) is 13.5. The molecule has 28 heavy (non-hydrogen) atoms. The van der Waals surface area contributed by atoms with Gasteiger partial charge < -0.3 is 14.1 Å². The number of amides is 1. The fourth-order valence-corrected chi connectivity index (χ4v) is 2.98. The summed E-state index contributed by atoms with van der Waals surface area (Å²) >= 11 is 6.05. The van der Waals surface area contributed by atoms with Crippen LogP contribution in [0.4, 0.5) is 0 Å². The third-order valence-electron chi connectivity index (χ3n) is 4.39. The first kappa shape index (κ1) is 19.9. The van der Waals surface area contributed by atoms with Crippen molar-refractivity contribution < 1.29 is 13.9 Å². The second-order valence-electron chi connectivity index (χ2n) is 6.57. The van der Waals surface area contributed by atoms with Gasteiger partial charge in [0.05, 0.1) is 7.11 Å². The Bertz CT molecular complexity index is 954. The zero-order valence-electron chi connectivity index (χ0n) is 16.1. The normalized spacial score (nSPS) is 10.7. The SMILES string of the molecule is COc1ccc(Cl)cc1CN(C)C(=O)CCc1nnc(-c2ccc(C)cc2)o1. The molecule has 0 aliphatic carbocycles. The van der Waals surface area contributed by atoms with Crippen LogP contribution in [0.3, 0.4) is 0 Å². The predicted molar refractivity (Wildman–Crippen MR) is 107 cm³/mol. The van der Waals surface area contributed by atoms with Crippen molar-refractivity contribution in [3.8, 4) is 17.2 Å². The average Bonchev–Trinajstić information content (AvgIpc) is 3.16. The van der Waals surface area contributed by atoms with Crippen LogP contribution >= 0.6 is 11.6 Å². The van der Waals surface area contributed by atoms with E-state index >= 15 is 0 Å². The molecule has 0 aliphatic heterocycles. The minimum Gasteiger partial charge on any atom is -0.496 e. The van der Waals surface area contributed by atoms with Crippen LogP contribution < -0.4 is 4.74 Å². The number of benzene rings is 2. The number of hydrogen-bond donors (Lipinski definition) is 0. The Morgan fingerprint density at radius 1 is 1.18 bits per heavy atom. The van der Waals surface area contributed by atoms with Crippen molar-refractivity contribution in [2.75, 3.05) is 14.2 Å². The Morgan fingerprint density at radius 3 is 2.64 bits per heavy atom. The smallest absolute Gasteiger partial charge is 0.247 e. The number of carbonyl (C=O) groups excluding carboxylic acids is 1. The molecule has 2 aromatic carbocycles. The van der Waals surface area contributed by atoms with Crippen LogP contribution in [0.15, 0.2) is 46.9 Å². The molecule has 3 rings (SSSR count). The van der Waals surface area contributed by atoms with Gasteiger partial charge in [0.2, 0.25) is 17.7 Å². The minimum atomic E-state index is -0.0304. The molecule has 0 saturated carbocycles. The summed E-state index contributed by atoms with van der Waals surface area (Å²) in [5.74, 6) is 1.57. The molecule has 7 heteroatoms. The highest BCUT2D eigenvalue weighted by Gasteiger charge is 2.15. The molecule has 0 aliphatic rings. The summed E-state index contributed by atoms with van der Waals surface area (Å²) in [6.07, 6.45) is 0.656. The van der Waals surface area contributed by atoms with E-state index in [0.29, 0.717) is 35.5 Å². The lowest BCUT2D eigenvalue weighted by molar-refractivity contribution is -0.130. The maximum absolute atomic E-state index is 12.5. The predicted octanol–water partition coefficient (Wildman–Crippen LogP) is 4.30. The Morgan fingerprint density at radius 2 is 1.93 bits per heavy atom. The lowest BCUT2D eigenvalue weighted by Gasteiger charge is -2.18. The first-order valence-corrected chi connectivity index (χ1v) is 9.30. The number of aryl methyl sites for hydroxylation is 2. The zero-order valence-corrected chi connectivity index (χ0v) is 16.9. The van der Waals surface area contributed by atoms with Crippen molar-refractivity contribution in [2.45, 2.75) is 26.3 Å². The molecule has 0 fully saturated rings. The van der Waals surface area contributed by atoms with E-state index in [1.807, 2.05) is 31.2 Å². The molecule has 1 heterocycles. The van der Waals surface area contributed by atoms with Gasteiger partial charge in [0.15, 0.2) is 0 Å². The van der Waals surface area contributed by atoms with E-state index in [1.165, 1.54) is 0 Å². The maximum atomic E-state index is 12.5. The van der Waals surface area contributed by atoms with E-state index in [0.717, 1.165) is 16.7 Å². The highest BCUT2D eigenvalue weighted by atomic mass is 35.5. The van der Waals surface area contributed by atoms with Gasteiger partial charge in [0.25, 0.3) is 0 Å². The van der Waals surface area contributed by atoms with E-state index in [2.05, 4.69) is 10.2 Å². The first-order valence-electron chi connectivity index (χ1n) is 8.92. The molecule has 6 nitrogen and oxygen atoms in total. The number of carbonyl (C=O) groups is 1. The van der Waals surface area contributed by atoms with Crippen LogP contribution in [-0.2, 0) is 17.8 Å². The summed E-state index contributed by atoms with van der Waals surface area (Å²) in [6, 6.07) is 13.2. The summed E-state index contributed by atoms with van der Waals surface area (Å²) in [5.41, 5.74) is 2.87. The van der Waals surface area contributed by atoms with Gasteiger partial charge >= 0.3 is 0 Å².